The van der Waals surface area contributed by atoms with E-state index in [0.29, 0.717) is 19.5 Å². The molecule has 0 spiro atoms. The predicted octanol–water partition coefficient (Wildman–Crippen LogP) is 6.71. The Kier molecular flexibility index (Phi) is 13.9. The first kappa shape index (κ1) is 36.5. The van der Waals surface area contributed by atoms with E-state index in [4.69, 9.17) is 0 Å². The van der Waals surface area contributed by atoms with E-state index in [-0.39, 0.29) is 23.7 Å². The van der Waals surface area contributed by atoms with Crippen LogP contribution in [-0.4, -0.2) is 61.2 Å². The second-order valence-corrected chi connectivity index (χ2v) is 14.2. The normalized spacial score (nSPS) is 14.8. The molecule has 1 atom stereocenters. The number of sulfone groups is 1. The zero-order valence-electron chi connectivity index (χ0n) is 25.9. The summed E-state index contributed by atoms with van der Waals surface area (Å²) in [5, 5.41) is 21.6. The van der Waals surface area contributed by atoms with E-state index in [1.807, 2.05) is 24.3 Å². The first-order chi connectivity index (χ1) is 21.3. The SMILES string of the molecule is CC(C(=O)[O-])N(CCCCCCC1=C(c2ccc(F)cc2)CCCc2cc(O)ccc21)CCCCS(=O)(=O)CCCC(F)(F)F. The minimum atomic E-state index is -4.38. The molecule has 0 aromatic heterocycles. The summed E-state index contributed by atoms with van der Waals surface area (Å²) in [6.07, 6.45) is 1.48. The van der Waals surface area contributed by atoms with Crippen LogP contribution in [-0.2, 0) is 21.1 Å². The molecule has 3 rings (SSSR count). The molecule has 2 aromatic rings. The van der Waals surface area contributed by atoms with Gasteiger partial charge in [0.2, 0.25) is 0 Å². The van der Waals surface area contributed by atoms with E-state index in [1.54, 1.807) is 11.0 Å². The van der Waals surface area contributed by atoms with Gasteiger partial charge in [-0.05, 0) is 130 Å². The molecule has 11 heteroatoms. The number of allylic oxidation sites excluding steroid dienone is 2. The van der Waals surface area contributed by atoms with E-state index in [1.165, 1.54) is 30.2 Å². The third kappa shape index (κ3) is 12.4. The minimum absolute atomic E-state index is 0.225. The minimum Gasteiger partial charge on any atom is -0.548 e. The number of nitrogens with zero attached hydrogens (tertiary/aromatic N) is 1. The van der Waals surface area contributed by atoms with Crippen molar-refractivity contribution in [2.75, 3.05) is 24.6 Å². The van der Waals surface area contributed by atoms with Crippen molar-refractivity contribution < 1.29 is 41.0 Å². The third-order valence-corrected chi connectivity index (χ3v) is 10.2. The van der Waals surface area contributed by atoms with Gasteiger partial charge in [0.15, 0.2) is 0 Å². The third-order valence-electron chi connectivity index (χ3n) is 8.42. The standard InChI is InChI=1S/C34H45F4NO5S/c1-25(33(41)42)39(21-6-7-22-45(43,44)23-9-19-34(36,37)38)20-5-3-2-4-11-32-30(26-13-15-28(35)16-14-26)12-8-10-27-24-29(40)17-18-31(27)32/h13-18,24-25,40H,2-12,19-23H2,1H3,(H,41,42)/p-1. The number of hydrogen-bond acceptors (Lipinski definition) is 6. The molecule has 45 heavy (non-hydrogen) atoms. The van der Waals surface area contributed by atoms with E-state index in [0.717, 1.165) is 68.1 Å². The maximum Gasteiger partial charge on any atom is 0.389 e. The fraction of sp³-hybridized carbons (Fsp3) is 0.559. The lowest BCUT2D eigenvalue weighted by molar-refractivity contribution is -0.311. The number of carbonyl (C=O) groups is 1. The molecule has 0 radical (unpaired) electrons. The van der Waals surface area contributed by atoms with Crippen LogP contribution in [0.3, 0.4) is 0 Å². The van der Waals surface area contributed by atoms with Crippen LogP contribution in [0.4, 0.5) is 17.6 Å². The molecule has 1 N–H and O–H groups in total. The molecule has 6 nitrogen and oxygen atoms in total. The number of unbranched alkanes of at least 4 members (excludes halogenated alkanes) is 4. The highest BCUT2D eigenvalue weighted by Gasteiger charge is 2.27. The van der Waals surface area contributed by atoms with Crippen molar-refractivity contribution in [3.05, 3.63) is 65.0 Å². The molecule has 0 heterocycles. The average Bonchev–Trinajstić information content (AvgIpc) is 3.13. The number of phenols is 1. The molecule has 0 fully saturated rings. The second-order valence-electron chi connectivity index (χ2n) is 11.9. The van der Waals surface area contributed by atoms with Gasteiger partial charge in [-0.1, -0.05) is 31.0 Å². The van der Waals surface area contributed by atoms with Gasteiger partial charge in [-0.3, -0.25) is 4.90 Å². The molecular weight excluding hydrogens is 610 g/mol. The van der Waals surface area contributed by atoms with Gasteiger partial charge in [-0.2, -0.15) is 13.2 Å². The number of halogens is 4. The van der Waals surface area contributed by atoms with E-state index in [9.17, 15) is 41.0 Å². The predicted molar refractivity (Wildman–Crippen MR) is 167 cm³/mol. The number of carbonyl (C=O) groups excluding carboxylic acids is 1. The number of carboxylic acid groups (broad SMARTS) is 1. The highest BCUT2D eigenvalue weighted by Crippen LogP contribution is 2.39. The van der Waals surface area contributed by atoms with Gasteiger partial charge >= 0.3 is 6.18 Å². The maximum absolute atomic E-state index is 13.7. The molecule has 0 aliphatic heterocycles. The Morgan fingerprint density at radius 1 is 0.933 bits per heavy atom. The Balaban J connectivity index is 1.52. The van der Waals surface area contributed by atoms with Crippen LogP contribution in [0.2, 0.25) is 0 Å². The van der Waals surface area contributed by atoms with Crippen molar-refractivity contribution in [3.63, 3.8) is 0 Å². The van der Waals surface area contributed by atoms with Gasteiger partial charge in [0.1, 0.15) is 21.4 Å². The smallest absolute Gasteiger partial charge is 0.389 e. The Morgan fingerprint density at radius 3 is 2.24 bits per heavy atom. The second kappa shape index (κ2) is 17.1. The lowest BCUT2D eigenvalue weighted by Crippen LogP contribution is -2.47. The highest BCUT2D eigenvalue weighted by atomic mass is 32.2. The number of fused-ring (bicyclic) bond motifs is 1. The Morgan fingerprint density at radius 2 is 1.58 bits per heavy atom. The van der Waals surface area contributed by atoms with Crippen LogP contribution in [0, 0.1) is 5.82 Å². The van der Waals surface area contributed by atoms with Crippen molar-refractivity contribution in [3.8, 4) is 5.75 Å². The van der Waals surface area contributed by atoms with Crippen molar-refractivity contribution >= 4 is 27.0 Å². The number of aliphatic carboxylic acids is 1. The van der Waals surface area contributed by atoms with Crippen molar-refractivity contribution in [1.82, 2.24) is 4.90 Å². The fourth-order valence-electron chi connectivity index (χ4n) is 5.96. The quantitative estimate of drug-likeness (QED) is 0.142. The zero-order valence-corrected chi connectivity index (χ0v) is 26.7. The van der Waals surface area contributed by atoms with Crippen molar-refractivity contribution in [2.24, 2.45) is 0 Å². The number of phenolic OH excluding ortho intramolecular Hbond substituents is 1. The zero-order chi connectivity index (χ0) is 33.0. The van der Waals surface area contributed by atoms with Gasteiger partial charge in [0.05, 0.1) is 17.5 Å². The Bertz CT molecular complexity index is 1390. The molecular formula is C34H44F4NO5S-. The largest absolute Gasteiger partial charge is 0.548 e. The van der Waals surface area contributed by atoms with Crippen LogP contribution in [0.25, 0.3) is 11.1 Å². The lowest BCUT2D eigenvalue weighted by atomic mass is 9.89. The van der Waals surface area contributed by atoms with Gasteiger partial charge in [-0.25, -0.2) is 12.8 Å². The summed E-state index contributed by atoms with van der Waals surface area (Å²) < 4.78 is 74.8. The number of rotatable bonds is 18. The molecule has 0 saturated carbocycles. The van der Waals surface area contributed by atoms with E-state index in [2.05, 4.69) is 0 Å². The Labute approximate surface area is 264 Å². The summed E-state index contributed by atoms with van der Waals surface area (Å²) in [6, 6.07) is 11.2. The molecule has 0 amide bonds. The Hall–Kier alpha value is -2.92. The molecule has 1 unspecified atom stereocenters. The summed E-state index contributed by atoms with van der Waals surface area (Å²) >= 11 is 0. The van der Waals surface area contributed by atoms with Crippen molar-refractivity contribution in [2.45, 2.75) is 96.2 Å². The van der Waals surface area contributed by atoms with Crippen LogP contribution in [0.5, 0.6) is 5.75 Å². The monoisotopic (exact) mass is 654 g/mol. The van der Waals surface area contributed by atoms with E-state index < -0.39 is 46.6 Å². The summed E-state index contributed by atoms with van der Waals surface area (Å²) in [6.45, 7) is 2.39. The highest BCUT2D eigenvalue weighted by molar-refractivity contribution is 7.91. The number of carboxylic acids is 1. The number of hydrogen-bond donors (Lipinski definition) is 1. The van der Waals surface area contributed by atoms with Gasteiger partial charge < -0.3 is 15.0 Å². The number of alkyl halides is 3. The number of aromatic hydroxyl groups is 1. The summed E-state index contributed by atoms with van der Waals surface area (Å²) in [7, 11) is -3.60. The first-order valence-electron chi connectivity index (χ1n) is 15.8. The fourth-order valence-corrected chi connectivity index (χ4v) is 7.39. The van der Waals surface area contributed by atoms with Crippen LogP contribution >= 0.6 is 0 Å². The topological polar surface area (TPSA) is 97.7 Å². The van der Waals surface area contributed by atoms with Crippen LogP contribution in [0.15, 0.2) is 42.5 Å². The summed E-state index contributed by atoms with van der Waals surface area (Å²) in [5.74, 6) is -2.00. The molecule has 1 aliphatic carbocycles. The average molecular weight is 655 g/mol. The lowest BCUT2D eigenvalue weighted by Gasteiger charge is -2.29. The summed E-state index contributed by atoms with van der Waals surface area (Å²) in [5.41, 5.74) is 5.60. The first-order valence-corrected chi connectivity index (χ1v) is 17.6. The van der Waals surface area contributed by atoms with Gasteiger partial charge in [0.25, 0.3) is 0 Å². The number of aryl methyl sites for hydroxylation is 1. The van der Waals surface area contributed by atoms with Crippen LogP contribution < -0.4 is 5.11 Å². The van der Waals surface area contributed by atoms with E-state index >= 15 is 0 Å². The molecule has 0 saturated heterocycles. The maximum atomic E-state index is 13.7. The summed E-state index contributed by atoms with van der Waals surface area (Å²) in [4.78, 5) is 13.3. The van der Waals surface area contributed by atoms with Crippen LogP contribution in [0.1, 0.15) is 94.2 Å². The molecule has 2 aromatic carbocycles. The van der Waals surface area contributed by atoms with Gasteiger partial charge in [0, 0.05) is 12.5 Å². The van der Waals surface area contributed by atoms with Gasteiger partial charge in [-0.15, -0.1) is 0 Å². The molecule has 250 valence electrons. The molecule has 0 bridgehead atoms. The van der Waals surface area contributed by atoms with Crippen molar-refractivity contribution in [1.29, 1.82) is 0 Å². The molecule has 1 aliphatic rings. The number of benzene rings is 2.